The molecule has 0 rings (SSSR count). The third-order valence-electron chi connectivity index (χ3n) is 17.7. The molecule has 0 bridgehead atoms. The van der Waals surface area contributed by atoms with Crippen molar-refractivity contribution < 1.29 is 80.2 Å². The molecular formula is C77H146O17P2. The van der Waals surface area contributed by atoms with Crippen LogP contribution in [0.2, 0.25) is 0 Å². The Balaban J connectivity index is 5.28. The summed E-state index contributed by atoms with van der Waals surface area (Å²) >= 11 is 0. The van der Waals surface area contributed by atoms with Crippen LogP contribution in [-0.4, -0.2) is 96.7 Å². The van der Waals surface area contributed by atoms with Gasteiger partial charge in [0.15, 0.2) is 12.2 Å². The highest BCUT2D eigenvalue weighted by molar-refractivity contribution is 7.47. The Morgan fingerprint density at radius 1 is 0.344 bits per heavy atom. The highest BCUT2D eigenvalue weighted by Gasteiger charge is 2.30. The van der Waals surface area contributed by atoms with Crippen LogP contribution in [0.1, 0.15) is 375 Å². The number of aliphatic hydroxyl groups excluding tert-OH is 1. The van der Waals surface area contributed by atoms with Crippen molar-refractivity contribution >= 4 is 39.5 Å². The van der Waals surface area contributed by atoms with Gasteiger partial charge < -0.3 is 33.8 Å². The van der Waals surface area contributed by atoms with E-state index in [1.807, 2.05) is 0 Å². The molecule has 0 aromatic heterocycles. The van der Waals surface area contributed by atoms with E-state index in [2.05, 4.69) is 65.8 Å². The molecule has 0 radical (unpaired) electrons. The molecule has 0 aromatic rings. The first-order chi connectivity index (χ1) is 46.4. The number of hydrogen-bond donors (Lipinski definition) is 3. The second-order valence-corrected chi connectivity index (χ2v) is 30.7. The first-order valence-electron chi connectivity index (χ1n) is 39.3. The summed E-state index contributed by atoms with van der Waals surface area (Å²) in [6.07, 6.45) is 59.0. The van der Waals surface area contributed by atoms with E-state index in [0.717, 1.165) is 127 Å². The number of hydrogen-bond acceptors (Lipinski definition) is 15. The maximum atomic E-state index is 13.1. The minimum Gasteiger partial charge on any atom is -0.462 e. The van der Waals surface area contributed by atoms with E-state index in [0.29, 0.717) is 25.7 Å². The lowest BCUT2D eigenvalue weighted by Gasteiger charge is -2.21. The monoisotopic (exact) mass is 1410 g/mol. The Kier molecular flexibility index (Phi) is 66.6. The van der Waals surface area contributed by atoms with Crippen molar-refractivity contribution in [1.29, 1.82) is 0 Å². The fourth-order valence-electron chi connectivity index (χ4n) is 11.3. The Hall–Kier alpha value is -2.46. The van der Waals surface area contributed by atoms with Gasteiger partial charge in [-0.05, 0) is 63.2 Å². The third-order valence-corrected chi connectivity index (χ3v) is 19.6. The van der Waals surface area contributed by atoms with Gasteiger partial charge in [0.1, 0.15) is 19.3 Å². The summed E-state index contributed by atoms with van der Waals surface area (Å²) in [5.41, 5.74) is 0. The number of aliphatic hydroxyl groups is 1. The van der Waals surface area contributed by atoms with Crippen molar-refractivity contribution in [2.45, 2.75) is 394 Å². The van der Waals surface area contributed by atoms with Gasteiger partial charge in [0.2, 0.25) is 0 Å². The van der Waals surface area contributed by atoms with Crippen molar-refractivity contribution in [2.75, 3.05) is 39.6 Å². The molecule has 6 atom stereocenters. The van der Waals surface area contributed by atoms with Crippen LogP contribution < -0.4 is 0 Å². The number of esters is 4. The van der Waals surface area contributed by atoms with E-state index in [1.165, 1.54) is 167 Å². The van der Waals surface area contributed by atoms with E-state index < -0.39 is 97.5 Å². The van der Waals surface area contributed by atoms with Crippen molar-refractivity contribution in [3.63, 3.8) is 0 Å². The van der Waals surface area contributed by atoms with Gasteiger partial charge in [-0.3, -0.25) is 37.3 Å². The lowest BCUT2D eigenvalue weighted by atomic mass is 10.00. The average Bonchev–Trinajstić information content (AvgIpc) is 1.51. The van der Waals surface area contributed by atoms with Gasteiger partial charge in [0.05, 0.1) is 26.4 Å². The number of unbranched alkanes of at least 4 members (excludes halogenated alkanes) is 40. The van der Waals surface area contributed by atoms with Crippen LogP contribution in [0, 0.1) is 11.8 Å². The molecule has 0 aromatic carbocycles. The van der Waals surface area contributed by atoms with Gasteiger partial charge in [-0.2, -0.15) is 0 Å². The summed E-state index contributed by atoms with van der Waals surface area (Å²) in [7, 11) is -9.92. The van der Waals surface area contributed by atoms with E-state index in [4.69, 9.17) is 37.0 Å². The lowest BCUT2D eigenvalue weighted by Crippen LogP contribution is -2.30. The summed E-state index contributed by atoms with van der Waals surface area (Å²) in [5, 5.41) is 10.6. The molecule has 0 heterocycles. The predicted molar refractivity (Wildman–Crippen MR) is 391 cm³/mol. The molecule has 566 valence electrons. The van der Waals surface area contributed by atoms with Gasteiger partial charge in [-0.1, -0.05) is 323 Å². The first kappa shape index (κ1) is 93.5. The summed E-state index contributed by atoms with van der Waals surface area (Å²) in [6.45, 7) is 9.52. The zero-order valence-electron chi connectivity index (χ0n) is 62.2. The summed E-state index contributed by atoms with van der Waals surface area (Å²) in [5.74, 6) is -0.615. The SMILES string of the molecule is CCCCCC/C=C\C=C/CCCCCCCC(=O)OC[C@H](COP(=O)(O)OC[C@@H](O)COP(=O)(O)OC[C@@H](COC(=O)CCCCCCCCC(C)CC)OC(=O)CCCCCCCCCCCCCCC)OC(=O)CCCCCCCCCCCCCCCCCC(C)C. The van der Waals surface area contributed by atoms with Crippen molar-refractivity contribution in [3.05, 3.63) is 24.3 Å². The van der Waals surface area contributed by atoms with Crippen LogP contribution in [0.15, 0.2) is 24.3 Å². The number of phosphoric ester groups is 2. The van der Waals surface area contributed by atoms with Crippen molar-refractivity contribution in [3.8, 4) is 0 Å². The molecule has 19 heteroatoms. The molecule has 3 unspecified atom stereocenters. The highest BCUT2D eigenvalue weighted by Crippen LogP contribution is 2.45. The minimum absolute atomic E-state index is 0.101. The van der Waals surface area contributed by atoms with Gasteiger partial charge in [-0.25, -0.2) is 9.13 Å². The van der Waals surface area contributed by atoms with E-state index in [1.54, 1.807) is 0 Å². The third kappa shape index (κ3) is 68.7. The summed E-state index contributed by atoms with van der Waals surface area (Å²) in [4.78, 5) is 72.8. The van der Waals surface area contributed by atoms with Gasteiger partial charge in [-0.15, -0.1) is 0 Å². The molecule has 0 fully saturated rings. The predicted octanol–water partition coefficient (Wildman–Crippen LogP) is 22.3. The summed E-state index contributed by atoms with van der Waals surface area (Å²) < 4.78 is 68.5. The van der Waals surface area contributed by atoms with Gasteiger partial charge in [0.25, 0.3) is 0 Å². The van der Waals surface area contributed by atoms with Gasteiger partial charge in [0, 0.05) is 25.7 Å². The fourth-order valence-corrected chi connectivity index (χ4v) is 12.8. The molecule has 0 saturated carbocycles. The highest BCUT2D eigenvalue weighted by atomic mass is 31.2. The number of rotatable bonds is 74. The molecule has 0 saturated heterocycles. The second-order valence-electron chi connectivity index (χ2n) is 27.8. The second kappa shape index (κ2) is 68.3. The maximum Gasteiger partial charge on any atom is 0.472 e. The van der Waals surface area contributed by atoms with Crippen molar-refractivity contribution in [2.24, 2.45) is 11.8 Å². The van der Waals surface area contributed by atoms with Crippen LogP contribution in [0.5, 0.6) is 0 Å². The fraction of sp³-hybridized carbons (Fsp3) is 0.896. The zero-order valence-corrected chi connectivity index (χ0v) is 63.9. The molecular weight excluding hydrogens is 1260 g/mol. The topological polar surface area (TPSA) is 237 Å². The van der Waals surface area contributed by atoms with Crippen molar-refractivity contribution in [1.82, 2.24) is 0 Å². The standard InChI is InChI=1S/C77H146O17P2/c1-7-10-12-14-16-18-20-22-24-29-32-36-40-47-53-59-74(79)87-65-72(93-76(81)62-56-50-42-38-34-30-26-23-25-28-31-35-39-45-51-57-69(4)5)67-91-95(83,84)89-63-71(78)64-90-96(85,86)92-68-73(66-88-75(80)60-54-48-44-43-46-52-58-70(6)9-3)94-77(82)61-55-49-41-37-33-27-21-19-17-15-13-11-8-2/h18,20,22,24,69-73,78H,7-17,19,21,23,25-68H2,1-6H3,(H,83,84)(H,85,86)/b20-18-,24-22-/t70?,71-,72-,73-/m1/s1. The smallest absolute Gasteiger partial charge is 0.462 e. The first-order valence-corrected chi connectivity index (χ1v) is 42.3. The largest absolute Gasteiger partial charge is 0.472 e. The van der Waals surface area contributed by atoms with E-state index >= 15 is 0 Å². The number of carbonyl (C=O) groups excluding carboxylic acids is 4. The van der Waals surface area contributed by atoms with Crippen LogP contribution >= 0.6 is 15.6 Å². The Bertz CT molecular complexity index is 1950. The zero-order chi connectivity index (χ0) is 70.7. The number of phosphoric acid groups is 2. The van der Waals surface area contributed by atoms with E-state index in [-0.39, 0.29) is 25.7 Å². The minimum atomic E-state index is -4.97. The van der Waals surface area contributed by atoms with Gasteiger partial charge >= 0.3 is 39.5 Å². The van der Waals surface area contributed by atoms with Crippen LogP contribution in [0.3, 0.4) is 0 Å². The Morgan fingerprint density at radius 2 is 0.615 bits per heavy atom. The molecule has 3 N–H and O–H groups in total. The number of carbonyl (C=O) groups is 4. The average molecular weight is 1410 g/mol. The lowest BCUT2D eigenvalue weighted by molar-refractivity contribution is -0.161. The number of allylic oxidation sites excluding steroid dienone is 4. The molecule has 17 nitrogen and oxygen atoms in total. The molecule has 0 amide bonds. The Labute approximate surface area is 586 Å². The molecule has 96 heavy (non-hydrogen) atoms. The molecule has 0 aliphatic heterocycles. The quantitative estimate of drug-likeness (QED) is 0.0169. The molecule has 0 aliphatic rings. The maximum absolute atomic E-state index is 13.1. The summed E-state index contributed by atoms with van der Waals surface area (Å²) in [6, 6.07) is 0. The van der Waals surface area contributed by atoms with E-state index in [9.17, 15) is 43.2 Å². The van der Waals surface area contributed by atoms with Crippen LogP contribution in [-0.2, 0) is 65.4 Å². The molecule has 0 aliphatic carbocycles. The normalized spacial score (nSPS) is 14.4. The number of ether oxygens (including phenoxy) is 4. The molecule has 0 spiro atoms. The van der Waals surface area contributed by atoms with Crippen LogP contribution in [0.25, 0.3) is 0 Å². The van der Waals surface area contributed by atoms with Crippen LogP contribution in [0.4, 0.5) is 0 Å². The Morgan fingerprint density at radius 3 is 0.938 bits per heavy atom.